The number of allylic oxidation sites excluding steroid dienone is 2. The smallest absolute Gasteiger partial charge is 0.123 e. The van der Waals surface area contributed by atoms with Crippen LogP contribution in [0.3, 0.4) is 0 Å². The number of nitrogens with zero attached hydrogens (tertiary/aromatic N) is 3. The van der Waals surface area contributed by atoms with Crippen LogP contribution in [-0.2, 0) is 7.05 Å². The molecule has 0 spiro atoms. The molecule has 0 bridgehead atoms. The predicted octanol–water partition coefficient (Wildman–Crippen LogP) is 3.56. The number of hydrogen-bond donors (Lipinski definition) is 0. The molecule has 1 aromatic heterocycles. The molecule has 2 heterocycles. The van der Waals surface area contributed by atoms with E-state index in [9.17, 15) is 0 Å². The van der Waals surface area contributed by atoms with Crippen LogP contribution in [0, 0.1) is 0 Å². The van der Waals surface area contributed by atoms with Gasteiger partial charge in [0.05, 0.1) is 6.04 Å². The van der Waals surface area contributed by atoms with Gasteiger partial charge in [0.1, 0.15) is 12.0 Å². The van der Waals surface area contributed by atoms with Crippen LogP contribution in [-0.4, -0.2) is 23.8 Å². The standard InChI is InChI=1S/C25H27N3/c1-26-23-16-10-9-15-21(23)22-17-18-24(27(2)25(22)26)28(19-11-5-3-6-12-19)20-13-7-4-8-14-20/h3-8,11-13,15-18,20,24H,9-10,14H2,1-2H3. The van der Waals surface area contributed by atoms with E-state index in [2.05, 4.69) is 107 Å². The second-order valence-electron chi connectivity index (χ2n) is 7.82. The fourth-order valence-corrected chi connectivity index (χ4v) is 4.86. The van der Waals surface area contributed by atoms with E-state index in [4.69, 9.17) is 0 Å². The van der Waals surface area contributed by atoms with Gasteiger partial charge in [-0.1, -0.05) is 60.7 Å². The summed E-state index contributed by atoms with van der Waals surface area (Å²) in [5.74, 6) is 1.31. The minimum Gasteiger partial charge on any atom is -0.341 e. The first kappa shape index (κ1) is 17.2. The SMILES string of the molecule is CN1c2c(c3c(n2C)=CCCC=3)C=CC1N(c1ccccc1)C1C=CC=CC1. The molecule has 2 atom stereocenters. The molecule has 5 rings (SSSR count). The van der Waals surface area contributed by atoms with Gasteiger partial charge >= 0.3 is 0 Å². The molecule has 0 amide bonds. The van der Waals surface area contributed by atoms with Gasteiger partial charge in [0.15, 0.2) is 0 Å². The number of hydrogen-bond acceptors (Lipinski definition) is 2. The zero-order chi connectivity index (χ0) is 19.1. The Balaban J connectivity index is 1.62. The number of para-hydroxylation sites is 1. The van der Waals surface area contributed by atoms with Gasteiger partial charge in [-0.25, -0.2) is 0 Å². The van der Waals surface area contributed by atoms with Crippen molar-refractivity contribution in [2.45, 2.75) is 31.5 Å². The summed E-state index contributed by atoms with van der Waals surface area (Å²) in [5.41, 5.74) is 2.62. The van der Waals surface area contributed by atoms with Gasteiger partial charge in [0.2, 0.25) is 0 Å². The lowest BCUT2D eigenvalue weighted by molar-refractivity contribution is 0.595. The van der Waals surface area contributed by atoms with Gasteiger partial charge in [0.25, 0.3) is 0 Å². The molecule has 3 aliphatic rings. The highest BCUT2D eigenvalue weighted by molar-refractivity contribution is 5.74. The number of rotatable bonds is 3. The van der Waals surface area contributed by atoms with Gasteiger partial charge in [-0.3, -0.25) is 0 Å². The first-order valence-corrected chi connectivity index (χ1v) is 10.2. The summed E-state index contributed by atoms with van der Waals surface area (Å²) in [6.45, 7) is 0. The second kappa shape index (κ2) is 6.90. The third-order valence-corrected chi connectivity index (χ3v) is 6.16. The summed E-state index contributed by atoms with van der Waals surface area (Å²) < 4.78 is 2.37. The summed E-state index contributed by atoms with van der Waals surface area (Å²) in [4.78, 5) is 4.98. The van der Waals surface area contributed by atoms with Crippen LogP contribution in [0.4, 0.5) is 11.5 Å². The lowest BCUT2D eigenvalue weighted by Crippen LogP contribution is -2.52. The molecule has 0 saturated carbocycles. The average Bonchev–Trinajstić information content (AvgIpc) is 3.05. The highest BCUT2D eigenvalue weighted by Crippen LogP contribution is 2.32. The van der Waals surface area contributed by atoms with Crippen molar-refractivity contribution in [2.24, 2.45) is 7.05 Å². The van der Waals surface area contributed by atoms with E-state index in [-0.39, 0.29) is 6.17 Å². The maximum Gasteiger partial charge on any atom is 0.123 e. The number of likely N-dealkylation sites (N-methyl/N-ethyl adjacent to an activating group) is 1. The normalized spacial score (nSPS) is 22.3. The molecule has 0 fully saturated rings. The van der Waals surface area contributed by atoms with E-state index in [1.807, 2.05) is 0 Å². The zero-order valence-electron chi connectivity index (χ0n) is 16.6. The Morgan fingerprint density at radius 1 is 0.964 bits per heavy atom. The van der Waals surface area contributed by atoms with Gasteiger partial charge < -0.3 is 14.4 Å². The quantitative estimate of drug-likeness (QED) is 0.820. The van der Waals surface area contributed by atoms with Crippen molar-refractivity contribution in [3.8, 4) is 0 Å². The van der Waals surface area contributed by atoms with Crippen molar-refractivity contribution in [2.75, 3.05) is 16.8 Å². The molecule has 3 nitrogen and oxygen atoms in total. The summed E-state index contributed by atoms with van der Waals surface area (Å²) >= 11 is 0. The highest BCUT2D eigenvalue weighted by Gasteiger charge is 2.31. The Morgan fingerprint density at radius 2 is 1.79 bits per heavy atom. The summed E-state index contributed by atoms with van der Waals surface area (Å²) in [5, 5.41) is 2.76. The monoisotopic (exact) mass is 369 g/mol. The van der Waals surface area contributed by atoms with Gasteiger partial charge in [-0.2, -0.15) is 0 Å². The molecule has 2 unspecified atom stereocenters. The Hall–Kier alpha value is -2.94. The van der Waals surface area contributed by atoms with Crippen LogP contribution in [0.5, 0.6) is 0 Å². The fourth-order valence-electron chi connectivity index (χ4n) is 4.86. The van der Waals surface area contributed by atoms with Crippen molar-refractivity contribution in [1.29, 1.82) is 0 Å². The Morgan fingerprint density at radius 3 is 2.57 bits per heavy atom. The van der Waals surface area contributed by atoms with E-state index in [1.54, 1.807) is 0 Å². The minimum absolute atomic E-state index is 0.172. The van der Waals surface area contributed by atoms with Gasteiger partial charge in [0, 0.05) is 35.9 Å². The van der Waals surface area contributed by atoms with Crippen molar-refractivity contribution >= 4 is 29.7 Å². The van der Waals surface area contributed by atoms with E-state index in [0.717, 1.165) is 19.3 Å². The Labute approximate surface area is 166 Å². The first-order valence-electron chi connectivity index (χ1n) is 10.2. The first-order chi connectivity index (χ1) is 13.8. The molecular formula is C25H27N3. The van der Waals surface area contributed by atoms with E-state index in [1.165, 1.54) is 27.6 Å². The number of fused-ring (bicyclic) bond motifs is 3. The molecule has 142 valence electrons. The third kappa shape index (κ3) is 2.65. The zero-order valence-corrected chi connectivity index (χ0v) is 16.6. The summed E-state index contributed by atoms with van der Waals surface area (Å²) in [7, 11) is 4.44. The molecule has 1 aliphatic heterocycles. The molecule has 3 heteroatoms. The summed E-state index contributed by atoms with van der Waals surface area (Å²) in [6.07, 6.45) is 21.9. The van der Waals surface area contributed by atoms with Gasteiger partial charge in [-0.15, -0.1) is 0 Å². The van der Waals surface area contributed by atoms with Crippen LogP contribution >= 0.6 is 0 Å². The molecule has 0 radical (unpaired) electrons. The van der Waals surface area contributed by atoms with Crippen LogP contribution in [0.1, 0.15) is 24.8 Å². The lowest BCUT2D eigenvalue weighted by Gasteiger charge is -2.44. The topological polar surface area (TPSA) is 11.4 Å². The van der Waals surface area contributed by atoms with Crippen molar-refractivity contribution < 1.29 is 0 Å². The summed E-state index contributed by atoms with van der Waals surface area (Å²) in [6, 6.07) is 11.1. The predicted molar refractivity (Wildman–Crippen MR) is 120 cm³/mol. The lowest BCUT2D eigenvalue weighted by atomic mass is 10.0. The molecule has 2 aliphatic carbocycles. The number of anilines is 2. The van der Waals surface area contributed by atoms with Crippen LogP contribution in [0.15, 0.2) is 60.7 Å². The molecular weight excluding hydrogens is 342 g/mol. The molecule has 0 N–H and O–H groups in total. The van der Waals surface area contributed by atoms with Crippen molar-refractivity contribution in [3.63, 3.8) is 0 Å². The van der Waals surface area contributed by atoms with Crippen LogP contribution in [0.2, 0.25) is 0 Å². The van der Waals surface area contributed by atoms with Crippen LogP contribution < -0.4 is 20.4 Å². The molecule has 1 aromatic carbocycles. The second-order valence-corrected chi connectivity index (χ2v) is 7.82. The number of benzene rings is 1. The highest BCUT2D eigenvalue weighted by atomic mass is 15.4. The maximum absolute atomic E-state index is 2.54. The third-order valence-electron chi connectivity index (χ3n) is 6.16. The largest absolute Gasteiger partial charge is 0.341 e. The van der Waals surface area contributed by atoms with Crippen molar-refractivity contribution in [3.05, 3.63) is 76.8 Å². The molecule has 2 aromatic rings. The van der Waals surface area contributed by atoms with Crippen molar-refractivity contribution in [1.82, 2.24) is 4.57 Å². The van der Waals surface area contributed by atoms with E-state index < -0.39 is 0 Å². The Bertz CT molecular complexity index is 1090. The van der Waals surface area contributed by atoms with Crippen LogP contribution in [0.25, 0.3) is 18.2 Å². The molecule has 28 heavy (non-hydrogen) atoms. The minimum atomic E-state index is 0.172. The Kier molecular flexibility index (Phi) is 4.23. The fraction of sp³-hybridized carbons (Fsp3) is 0.280. The van der Waals surface area contributed by atoms with Gasteiger partial charge in [-0.05, 0) is 37.5 Å². The number of aromatic nitrogens is 1. The van der Waals surface area contributed by atoms with E-state index >= 15 is 0 Å². The van der Waals surface area contributed by atoms with E-state index in [0.29, 0.717) is 6.04 Å². The average molecular weight is 370 g/mol. The maximum atomic E-state index is 2.54. The molecule has 0 saturated heterocycles.